The summed E-state index contributed by atoms with van der Waals surface area (Å²) in [6.07, 6.45) is 0.490. The van der Waals surface area contributed by atoms with Crippen molar-refractivity contribution in [3.05, 3.63) is 60.0 Å². The van der Waals surface area contributed by atoms with Crippen LogP contribution in [0.2, 0.25) is 0 Å². The Bertz CT molecular complexity index is 1250. The van der Waals surface area contributed by atoms with Crippen molar-refractivity contribution >= 4 is 22.6 Å². The van der Waals surface area contributed by atoms with E-state index in [2.05, 4.69) is 30.3 Å². The second-order valence-electron chi connectivity index (χ2n) is 7.87. The zero-order valence-electron chi connectivity index (χ0n) is 17.9. The summed E-state index contributed by atoms with van der Waals surface area (Å²) in [5.74, 6) is 1.11. The van der Waals surface area contributed by atoms with Crippen LogP contribution < -0.4 is 5.32 Å². The van der Waals surface area contributed by atoms with E-state index in [0.29, 0.717) is 29.4 Å². The minimum atomic E-state index is -0.333. The number of aryl methyl sites for hydroxylation is 1. The Balaban J connectivity index is 1.16. The predicted molar refractivity (Wildman–Crippen MR) is 119 cm³/mol. The molecular formula is C23H23FN6O3. The summed E-state index contributed by atoms with van der Waals surface area (Å²) in [5, 5.41) is 6.79. The summed E-state index contributed by atoms with van der Waals surface area (Å²) in [4.78, 5) is 27.0. The Kier molecular flexibility index (Phi) is 6.09. The van der Waals surface area contributed by atoms with Gasteiger partial charge in [-0.15, -0.1) is 0 Å². The Labute approximate surface area is 189 Å². The molecule has 170 valence electrons. The Morgan fingerprint density at radius 1 is 1.12 bits per heavy atom. The zero-order valence-corrected chi connectivity index (χ0v) is 17.9. The molecule has 1 fully saturated rings. The molecular weight excluding hydrogens is 427 g/mol. The topological polar surface area (TPSA) is 109 Å². The van der Waals surface area contributed by atoms with Gasteiger partial charge in [-0.2, -0.15) is 4.98 Å². The molecule has 10 heteroatoms. The number of amides is 1. The third-order valence-electron chi connectivity index (χ3n) is 5.43. The van der Waals surface area contributed by atoms with Gasteiger partial charge in [0.25, 0.3) is 0 Å². The van der Waals surface area contributed by atoms with E-state index in [4.69, 9.17) is 9.26 Å². The molecule has 0 unspecified atom stereocenters. The van der Waals surface area contributed by atoms with Gasteiger partial charge in [-0.1, -0.05) is 5.16 Å². The fraction of sp³-hybridized carbons (Fsp3) is 0.304. The number of fused-ring (bicyclic) bond motifs is 1. The molecule has 1 amide bonds. The monoisotopic (exact) mass is 450 g/mol. The fourth-order valence-electron chi connectivity index (χ4n) is 3.70. The maximum atomic E-state index is 13.1. The summed E-state index contributed by atoms with van der Waals surface area (Å²) >= 11 is 0. The Hall–Kier alpha value is -3.63. The lowest BCUT2D eigenvalue weighted by Crippen LogP contribution is -2.35. The number of carbonyl (C=O) groups excluding carboxylic acids is 1. The molecule has 0 spiro atoms. The number of anilines is 1. The van der Waals surface area contributed by atoms with E-state index < -0.39 is 0 Å². The number of hydrogen-bond acceptors (Lipinski definition) is 7. The third kappa shape index (κ3) is 5.24. The van der Waals surface area contributed by atoms with Crippen molar-refractivity contribution in [1.29, 1.82) is 0 Å². The summed E-state index contributed by atoms with van der Waals surface area (Å²) in [5.41, 5.74) is 3.07. The number of nitrogens with one attached hydrogen (secondary N) is 2. The predicted octanol–water partition coefficient (Wildman–Crippen LogP) is 3.16. The highest BCUT2D eigenvalue weighted by Gasteiger charge is 2.14. The van der Waals surface area contributed by atoms with Crippen molar-refractivity contribution < 1.29 is 18.4 Å². The van der Waals surface area contributed by atoms with Gasteiger partial charge in [-0.25, -0.2) is 9.37 Å². The number of imidazole rings is 1. The molecule has 0 saturated carbocycles. The number of hydrogen-bond donors (Lipinski definition) is 2. The molecule has 0 aliphatic carbocycles. The normalized spacial score (nSPS) is 14.6. The summed E-state index contributed by atoms with van der Waals surface area (Å²) < 4.78 is 23.7. The maximum Gasteiger partial charge on any atom is 0.227 e. The van der Waals surface area contributed by atoms with Crippen LogP contribution in [0.15, 0.2) is 47.0 Å². The Morgan fingerprint density at radius 2 is 1.94 bits per heavy atom. The average molecular weight is 450 g/mol. The molecule has 0 bridgehead atoms. The van der Waals surface area contributed by atoms with E-state index >= 15 is 0 Å². The van der Waals surface area contributed by atoms with Gasteiger partial charge in [0.2, 0.25) is 17.6 Å². The largest absolute Gasteiger partial charge is 0.379 e. The standard InChI is InChI=1S/C23H23FN6O3/c24-16-3-1-15(2-4-16)23-28-22(33-29-23)8-7-21(31)25-17-5-6-18-19(13-17)27-20(26-18)14-30-9-11-32-12-10-30/h1-6,13H,7-12,14H2,(H,25,31)(H,26,27). The Morgan fingerprint density at radius 3 is 2.76 bits per heavy atom. The first-order valence-electron chi connectivity index (χ1n) is 10.8. The van der Waals surface area contributed by atoms with Gasteiger partial charge in [-0.05, 0) is 42.5 Å². The highest BCUT2D eigenvalue weighted by molar-refractivity contribution is 5.93. The van der Waals surface area contributed by atoms with Crippen molar-refractivity contribution in [3.63, 3.8) is 0 Å². The van der Waals surface area contributed by atoms with Gasteiger partial charge in [0.1, 0.15) is 11.6 Å². The molecule has 0 atom stereocenters. The second-order valence-corrected chi connectivity index (χ2v) is 7.87. The van der Waals surface area contributed by atoms with E-state index in [1.54, 1.807) is 12.1 Å². The molecule has 33 heavy (non-hydrogen) atoms. The zero-order chi connectivity index (χ0) is 22.6. The molecule has 2 aromatic heterocycles. The number of carbonyl (C=O) groups is 1. The molecule has 3 heterocycles. The van der Waals surface area contributed by atoms with E-state index in [-0.39, 0.29) is 18.1 Å². The second kappa shape index (κ2) is 9.47. The molecule has 1 aliphatic rings. The molecule has 1 saturated heterocycles. The van der Waals surface area contributed by atoms with Crippen molar-refractivity contribution in [3.8, 4) is 11.4 Å². The van der Waals surface area contributed by atoms with E-state index in [1.807, 2.05) is 18.2 Å². The average Bonchev–Trinajstić information content (AvgIpc) is 3.45. The van der Waals surface area contributed by atoms with Crippen LogP contribution in [0.1, 0.15) is 18.1 Å². The summed E-state index contributed by atoms with van der Waals surface area (Å²) in [6, 6.07) is 11.4. The number of nitrogens with zero attached hydrogens (tertiary/aromatic N) is 4. The number of rotatable bonds is 7. The van der Waals surface area contributed by atoms with Gasteiger partial charge >= 0.3 is 0 Å². The number of aromatic amines is 1. The van der Waals surface area contributed by atoms with Gasteiger partial charge < -0.3 is 19.6 Å². The first-order valence-corrected chi connectivity index (χ1v) is 10.8. The number of aromatic nitrogens is 4. The van der Waals surface area contributed by atoms with Gasteiger partial charge in [0.05, 0.1) is 30.8 Å². The number of H-pyrrole nitrogens is 1. The first kappa shape index (κ1) is 21.2. The number of halogens is 1. The van der Waals surface area contributed by atoms with Crippen molar-refractivity contribution in [2.24, 2.45) is 0 Å². The summed E-state index contributed by atoms with van der Waals surface area (Å²) in [6.45, 7) is 4.01. The minimum absolute atomic E-state index is 0.163. The molecule has 9 nitrogen and oxygen atoms in total. The quantitative estimate of drug-likeness (QED) is 0.445. The summed E-state index contributed by atoms with van der Waals surface area (Å²) in [7, 11) is 0. The van der Waals surface area contributed by atoms with Gasteiger partial charge in [-0.3, -0.25) is 9.69 Å². The number of morpholine rings is 1. The van der Waals surface area contributed by atoms with E-state index in [9.17, 15) is 9.18 Å². The molecule has 2 N–H and O–H groups in total. The van der Waals surface area contributed by atoms with Crippen LogP contribution in [0, 0.1) is 5.82 Å². The lowest BCUT2D eigenvalue weighted by atomic mass is 10.2. The van der Waals surface area contributed by atoms with Crippen LogP contribution in [-0.4, -0.2) is 57.2 Å². The SMILES string of the molecule is O=C(CCc1nc(-c2ccc(F)cc2)no1)Nc1ccc2nc(CN3CCOCC3)[nH]c2c1. The van der Waals surface area contributed by atoms with Crippen LogP contribution in [-0.2, 0) is 22.5 Å². The maximum absolute atomic E-state index is 13.1. The highest BCUT2D eigenvalue weighted by Crippen LogP contribution is 2.19. The molecule has 2 aromatic carbocycles. The van der Waals surface area contributed by atoms with E-state index in [1.165, 1.54) is 12.1 Å². The first-order chi connectivity index (χ1) is 16.1. The minimum Gasteiger partial charge on any atom is -0.379 e. The van der Waals surface area contributed by atoms with Crippen LogP contribution in [0.4, 0.5) is 10.1 Å². The molecule has 5 rings (SSSR count). The van der Waals surface area contributed by atoms with Crippen LogP contribution >= 0.6 is 0 Å². The number of benzene rings is 2. The van der Waals surface area contributed by atoms with E-state index in [0.717, 1.165) is 49.7 Å². The van der Waals surface area contributed by atoms with Crippen molar-refractivity contribution in [2.75, 3.05) is 31.6 Å². The van der Waals surface area contributed by atoms with Crippen LogP contribution in [0.3, 0.4) is 0 Å². The van der Waals surface area contributed by atoms with Crippen molar-refractivity contribution in [2.45, 2.75) is 19.4 Å². The number of ether oxygens (including phenoxy) is 1. The van der Waals surface area contributed by atoms with Crippen LogP contribution in [0.25, 0.3) is 22.4 Å². The fourth-order valence-corrected chi connectivity index (χ4v) is 3.70. The smallest absolute Gasteiger partial charge is 0.227 e. The van der Waals surface area contributed by atoms with Gasteiger partial charge in [0, 0.05) is 37.2 Å². The molecule has 4 aromatic rings. The molecule has 1 aliphatic heterocycles. The lowest BCUT2D eigenvalue weighted by Gasteiger charge is -2.25. The highest BCUT2D eigenvalue weighted by atomic mass is 19.1. The van der Waals surface area contributed by atoms with Crippen molar-refractivity contribution in [1.82, 2.24) is 25.0 Å². The van der Waals surface area contributed by atoms with Gasteiger partial charge in [0.15, 0.2) is 0 Å². The lowest BCUT2D eigenvalue weighted by molar-refractivity contribution is -0.116. The van der Waals surface area contributed by atoms with Crippen LogP contribution in [0.5, 0.6) is 0 Å². The molecule has 0 radical (unpaired) electrons. The third-order valence-corrected chi connectivity index (χ3v) is 5.43.